The monoisotopic (exact) mass is 1020 g/mol. The van der Waals surface area contributed by atoms with E-state index in [4.69, 9.17) is 24.2 Å². The van der Waals surface area contributed by atoms with Crippen LogP contribution in [0, 0.1) is 47.5 Å². The van der Waals surface area contributed by atoms with E-state index < -0.39 is 22.7 Å². The second-order valence-corrected chi connectivity index (χ2v) is 20.5. The molecule has 1 amide bonds. The van der Waals surface area contributed by atoms with Crippen molar-refractivity contribution in [1.29, 1.82) is 0 Å². The molecule has 3 aliphatic rings. The Morgan fingerprint density at radius 1 is 0.851 bits per heavy atom. The average molecular weight is 1020 g/mol. The summed E-state index contributed by atoms with van der Waals surface area (Å²) >= 11 is 0. The third-order valence-corrected chi connectivity index (χ3v) is 15.4. The molecule has 1 aliphatic heterocycles. The van der Waals surface area contributed by atoms with Crippen molar-refractivity contribution in [2.24, 2.45) is 22.9 Å². The molecule has 0 radical (unpaired) electrons. The van der Waals surface area contributed by atoms with E-state index in [1.807, 2.05) is 35.2 Å². The van der Waals surface area contributed by atoms with Crippen molar-refractivity contribution in [2.45, 2.75) is 161 Å². The molecule has 1 fully saturated rings. The second-order valence-electron chi connectivity index (χ2n) is 20.5. The Bertz CT molecular complexity index is 2530. The third kappa shape index (κ3) is 14.1. The third-order valence-electron chi connectivity index (χ3n) is 15.4. The summed E-state index contributed by atoms with van der Waals surface area (Å²) in [6.07, 6.45) is 18.7. The Labute approximate surface area is 437 Å². The highest BCUT2D eigenvalue weighted by Crippen LogP contribution is 2.62. The van der Waals surface area contributed by atoms with Crippen LogP contribution in [0.5, 0.6) is 17.2 Å². The van der Waals surface area contributed by atoms with Crippen LogP contribution in [0.25, 0.3) is 0 Å². The average Bonchev–Trinajstić information content (AvgIpc) is 3.41. The highest BCUT2D eigenvalue weighted by molar-refractivity contribution is 6.03. The highest BCUT2D eigenvalue weighted by atomic mass is 19.1. The number of non-ortho nitro benzene ring substituents is 1. The van der Waals surface area contributed by atoms with E-state index >= 15 is 4.79 Å². The minimum atomic E-state index is -1.50. The number of nitro benzene ring substituents is 1. The molecule has 74 heavy (non-hydrogen) atoms. The van der Waals surface area contributed by atoms with Gasteiger partial charge in [-0.25, -0.2) is 4.39 Å². The lowest BCUT2D eigenvalue weighted by atomic mass is 9.55. The molecule has 0 unspecified atom stereocenters. The largest absolute Gasteiger partial charge is 0.459 e. The standard InChI is InChI=1S/C61H78FN3O9/c1-5-7-8-9-10-11-12-13-14-21-58(68)64(41-45-23-27-48(62)28-24-45)57-40-55(63-72-42-46-25-29-49(30-26-46)65(69)70)53-38-47(19-15-17-34-66)52(20-16-18-35-67)59-54-39-51(73-50-31-22-43(3)44(4)37-50)32-33-56(54)74-61(57,60(53)59)71-36-6-2/h6,22-33,37-39,47,52,57,59-60,66-67H,2,5,7-21,34-36,40-42H2,1,3-4H3/t47-,52+,57-,59+,60+,61+/m0/s1. The van der Waals surface area contributed by atoms with Crippen LogP contribution in [0.2, 0.25) is 0 Å². The van der Waals surface area contributed by atoms with Gasteiger partial charge in [0.05, 0.1) is 23.2 Å². The van der Waals surface area contributed by atoms with Crippen molar-refractivity contribution in [2.75, 3.05) is 19.8 Å². The Balaban J connectivity index is 1.39. The van der Waals surface area contributed by atoms with Crippen LogP contribution in [0.4, 0.5) is 10.1 Å². The van der Waals surface area contributed by atoms with Gasteiger partial charge in [0.2, 0.25) is 11.7 Å². The topological polar surface area (TPSA) is 153 Å². The van der Waals surface area contributed by atoms with Gasteiger partial charge in [-0.1, -0.05) is 107 Å². The molecule has 1 heterocycles. The molecule has 6 atom stereocenters. The van der Waals surface area contributed by atoms with Crippen molar-refractivity contribution >= 4 is 17.3 Å². The number of hydrogen-bond acceptors (Lipinski definition) is 10. The number of fused-ring (bicyclic) bond motifs is 2. The van der Waals surface area contributed by atoms with Gasteiger partial charge in [0.15, 0.2) is 0 Å². The Hall–Kier alpha value is -5.89. The maximum Gasteiger partial charge on any atom is 0.269 e. The SMILES string of the molecule is C=CCO[C@@]12Oc3ccc(Oc4ccc(C)c(C)c4)cc3[C@H]3[C@H](CCCCO)[C@@H](CCCCO)C=C(C(=NOCc4ccc([N+](=O)[O-])cc4)C[C@@H]1N(Cc1ccc(F)cc1)C(=O)CCCCCCCCCCC)[C@H]32. The number of benzene rings is 4. The molecule has 12 nitrogen and oxygen atoms in total. The zero-order valence-corrected chi connectivity index (χ0v) is 43.9. The number of carbonyl (C=O) groups excluding carboxylic acids is 1. The van der Waals surface area contributed by atoms with Crippen molar-refractivity contribution in [3.63, 3.8) is 0 Å². The number of allylic oxidation sites excluding steroid dienone is 1. The quantitative estimate of drug-likeness (QED) is 0.0225. The predicted octanol–water partition coefficient (Wildman–Crippen LogP) is 13.9. The van der Waals surface area contributed by atoms with Crippen LogP contribution in [-0.2, 0) is 27.5 Å². The van der Waals surface area contributed by atoms with Gasteiger partial charge >= 0.3 is 0 Å². The molecule has 13 heteroatoms. The molecule has 2 aliphatic carbocycles. The number of nitro groups is 1. The number of aliphatic hydroxyl groups is 2. The van der Waals surface area contributed by atoms with Crippen LogP contribution in [0.15, 0.2) is 114 Å². The van der Waals surface area contributed by atoms with E-state index in [1.165, 1.54) is 56.4 Å². The van der Waals surface area contributed by atoms with E-state index in [1.54, 1.807) is 30.3 Å². The maximum absolute atomic E-state index is 15.3. The maximum atomic E-state index is 15.3. The number of rotatable bonds is 30. The molecule has 0 saturated heterocycles. The van der Waals surface area contributed by atoms with E-state index in [0.29, 0.717) is 47.8 Å². The van der Waals surface area contributed by atoms with Crippen molar-refractivity contribution < 1.29 is 43.4 Å². The number of amides is 1. The van der Waals surface area contributed by atoms with Crippen molar-refractivity contribution in [3.8, 4) is 17.2 Å². The van der Waals surface area contributed by atoms with Gasteiger partial charge in [-0.2, -0.15) is 0 Å². The number of hydrogen-bond donors (Lipinski definition) is 2. The van der Waals surface area contributed by atoms with Gasteiger partial charge in [-0.3, -0.25) is 14.9 Å². The summed E-state index contributed by atoms with van der Waals surface area (Å²) in [6.45, 7) is 10.9. The Morgan fingerprint density at radius 2 is 1.51 bits per heavy atom. The van der Waals surface area contributed by atoms with Gasteiger partial charge in [0.1, 0.15) is 35.7 Å². The van der Waals surface area contributed by atoms with Crippen molar-refractivity contribution in [1.82, 2.24) is 4.90 Å². The minimum Gasteiger partial charge on any atom is -0.459 e. The number of carbonyl (C=O) groups is 1. The van der Waals surface area contributed by atoms with E-state index in [9.17, 15) is 24.7 Å². The molecule has 0 bridgehead atoms. The van der Waals surface area contributed by atoms with Gasteiger partial charge in [-0.05, 0) is 140 Å². The number of oxime groups is 1. The first-order valence-electron chi connectivity index (χ1n) is 27.2. The second kappa shape index (κ2) is 27.6. The number of aryl methyl sites for hydroxylation is 2. The summed E-state index contributed by atoms with van der Waals surface area (Å²) < 4.78 is 36.0. The van der Waals surface area contributed by atoms with E-state index in [2.05, 4.69) is 39.5 Å². The lowest BCUT2D eigenvalue weighted by Gasteiger charge is -2.60. The fraction of sp³-hybridized carbons (Fsp3) is 0.508. The van der Waals surface area contributed by atoms with Crippen LogP contribution in [0.1, 0.15) is 150 Å². The van der Waals surface area contributed by atoms with Crippen LogP contribution < -0.4 is 9.47 Å². The molecule has 0 aromatic heterocycles. The summed E-state index contributed by atoms with van der Waals surface area (Å²) in [4.78, 5) is 34.5. The molecule has 398 valence electrons. The first-order valence-corrected chi connectivity index (χ1v) is 27.2. The number of ether oxygens (including phenoxy) is 3. The fourth-order valence-corrected chi connectivity index (χ4v) is 11.4. The summed E-state index contributed by atoms with van der Waals surface area (Å²) in [5, 5.41) is 36.6. The lowest BCUT2D eigenvalue weighted by Crippen LogP contribution is -2.70. The minimum absolute atomic E-state index is 0.00360. The molecule has 0 spiro atoms. The Morgan fingerprint density at radius 3 is 2.19 bits per heavy atom. The number of nitrogens with zero attached hydrogens (tertiary/aromatic N) is 3. The zero-order chi connectivity index (χ0) is 52.5. The number of halogens is 1. The fourth-order valence-electron chi connectivity index (χ4n) is 11.4. The van der Waals surface area contributed by atoms with Gasteiger partial charge < -0.3 is 34.2 Å². The van der Waals surface area contributed by atoms with Crippen LogP contribution in [0.3, 0.4) is 0 Å². The summed E-state index contributed by atoms with van der Waals surface area (Å²) in [7, 11) is 0. The zero-order valence-electron chi connectivity index (χ0n) is 43.9. The Kier molecular flexibility index (Phi) is 20.8. The molecular weight excluding hydrogens is 938 g/mol. The molecule has 7 rings (SSSR count). The smallest absolute Gasteiger partial charge is 0.269 e. The van der Waals surface area contributed by atoms with Crippen LogP contribution in [-0.4, -0.2) is 63.3 Å². The van der Waals surface area contributed by atoms with Crippen molar-refractivity contribution in [3.05, 3.63) is 153 Å². The van der Waals surface area contributed by atoms with E-state index in [0.717, 1.165) is 72.8 Å². The highest BCUT2D eigenvalue weighted by Gasteiger charge is 2.65. The van der Waals surface area contributed by atoms with E-state index in [-0.39, 0.29) is 81.0 Å². The van der Waals surface area contributed by atoms with Gasteiger partial charge in [-0.15, -0.1) is 6.58 Å². The first kappa shape index (κ1) is 55.9. The number of unbranched alkanes of at least 4 members (excludes halogenated alkanes) is 10. The lowest BCUT2D eigenvalue weighted by molar-refractivity contribution is -0.384. The van der Waals surface area contributed by atoms with Gasteiger partial charge in [0.25, 0.3) is 5.69 Å². The summed E-state index contributed by atoms with van der Waals surface area (Å²) in [5.41, 5.74) is 6.11. The number of aliphatic hydroxyl groups excluding tert-OH is 2. The normalized spacial score (nSPS) is 21.2. The van der Waals surface area contributed by atoms with Crippen LogP contribution >= 0.6 is 0 Å². The molecule has 4 aromatic rings. The predicted molar refractivity (Wildman–Crippen MR) is 288 cm³/mol. The first-order chi connectivity index (χ1) is 36.0. The molecule has 1 saturated carbocycles. The molecule has 4 aromatic carbocycles. The molecule has 2 N–H and O–H groups in total. The summed E-state index contributed by atoms with van der Waals surface area (Å²) in [5.74, 6) is -0.848. The summed E-state index contributed by atoms with van der Waals surface area (Å²) in [6, 6.07) is 23.7. The molecular formula is C61H78FN3O9. The van der Waals surface area contributed by atoms with Gasteiger partial charge in [0, 0.05) is 56.2 Å².